The first-order chi connectivity index (χ1) is 12.1. The Morgan fingerprint density at radius 2 is 1.96 bits per heavy atom. The van der Waals surface area contributed by atoms with E-state index in [0.29, 0.717) is 16.5 Å². The topological polar surface area (TPSA) is 87.7 Å². The first-order valence-electron chi connectivity index (χ1n) is 8.87. The van der Waals surface area contributed by atoms with Crippen molar-refractivity contribution < 1.29 is 19.4 Å². The number of hydrogen-bond donors (Lipinski definition) is 3. The maximum Gasteiger partial charge on any atom is 0.408 e. The van der Waals surface area contributed by atoms with Crippen LogP contribution in [0.5, 0.6) is 5.75 Å². The maximum absolute atomic E-state index is 12.5. The number of alkyl carbamates (subject to hydrolysis) is 1. The van der Waals surface area contributed by atoms with E-state index in [4.69, 9.17) is 4.74 Å². The van der Waals surface area contributed by atoms with E-state index in [1.807, 2.05) is 22.6 Å². The summed E-state index contributed by atoms with van der Waals surface area (Å²) < 4.78 is 5.96. The molecule has 1 unspecified atom stereocenters. The Bertz CT molecular complexity index is 614. The molecule has 1 aromatic carbocycles. The van der Waals surface area contributed by atoms with Crippen LogP contribution < -0.4 is 10.6 Å². The van der Waals surface area contributed by atoms with Crippen LogP contribution in [-0.4, -0.2) is 35.3 Å². The minimum absolute atomic E-state index is 0.190. The van der Waals surface area contributed by atoms with Gasteiger partial charge in [-0.15, -0.1) is 0 Å². The fraction of sp³-hybridized carbons (Fsp3) is 0.579. The van der Waals surface area contributed by atoms with Crippen molar-refractivity contribution in [3.63, 3.8) is 0 Å². The summed E-state index contributed by atoms with van der Waals surface area (Å²) in [5.41, 5.74) is 0.206. The smallest absolute Gasteiger partial charge is 0.408 e. The lowest BCUT2D eigenvalue weighted by Crippen LogP contribution is -2.49. The van der Waals surface area contributed by atoms with Gasteiger partial charge in [0.15, 0.2) is 0 Å². The van der Waals surface area contributed by atoms with Gasteiger partial charge < -0.3 is 20.5 Å². The van der Waals surface area contributed by atoms with Gasteiger partial charge in [-0.2, -0.15) is 0 Å². The van der Waals surface area contributed by atoms with Crippen molar-refractivity contribution in [1.82, 2.24) is 10.6 Å². The number of aromatic hydroxyl groups is 1. The molecule has 0 aromatic heterocycles. The van der Waals surface area contributed by atoms with Gasteiger partial charge in [-0.1, -0.05) is 25.8 Å². The summed E-state index contributed by atoms with van der Waals surface area (Å²) >= 11 is 2.03. The normalized spacial score (nSPS) is 12.3. The molecule has 0 saturated carbocycles. The van der Waals surface area contributed by atoms with Gasteiger partial charge in [0.2, 0.25) is 5.91 Å². The Hall–Kier alpha value is -1.51. The average molecular weight is 476 g/mol. The second kappa shape index (κ2) is 10.6. The molecule has 0 fully saturated rings. The highest BCUT2D eigenvalue weighted by Crippen LogP contribution is 2.21. The third kappa shape index (κ3) is 8.73. The average Bonchev–Trinajstić information content (AvgIpc) is 2.52. The molecule has 0 aliphatic carbocycles. The molecule has 7 heteroatoms. The number of phenolic OH excluding ortho intramolecular Hbond substituents is 1. The number of unbranched alkanes of at least 4 members (excludes halogenated alkanes) is 2. The van der Waals surface area contributed by atoms with Crippen LogP contribution in [0.15, 0.2) is 18.2 Å². The van der Waals surface area contributed by atoms with Gasteiger partial charge in [-0.3, -0.25) is 4.79 Å². The van der Waals surface area contributed by atoms with Crippen molar-refractivity contribution in [1.29, 1.82) is 0 Å². The molecule has 0 bridgehead atoms. The van der Waals surface area contributed by atoms with Crippen molar-refractivity contribution in [2.75, 3.05) is 6.54 Å². The lowest BCUT2D eigenvalue weighted by atomic mass is 10.0. The van der Waals surface area contributed by atoms with Gasteiger partial charge >= 0.3 is 6.09 Å². The number of rotatable bonds is 8. The zero-order valence-corrected chi connectivity index (χ0v) is 18.1. The van der Waals surface area contributed by atoms with E-state index >= 15 is 0 Å². The van der Waals surface area contributed by atoms with Gasteiger partial charge in [0.25, 0.3) is 0 Å². The lowest BCUT2D eigenvalue weighted by molar-refractivity contribution is -0.123. The van der Waals surface area contributed by atoms with Crippen LogP contribution in [0.1, 0.15) is 52.5 Å². The number of phenols is 1. The monoisotopic (exact) mass is 476 g/mol. The van der Waals surface area contributed by atoms with E-state index in [1.165, 1.54) is 0 Å². The summed E-state index contributed by atoms with van der Waals surface area (Å²) in [4.78, 5) is 24.6. The van der Waals surface area contributed by atoms with Gasteiger partial charge in [0.1, 0.15) is 17.4 Å². The number of nitrogens with one attached hydrogen (secondary N) is 2. The molecule has 0 aliphatic heterocycles. The second-order valence-electron chi connectivity index (χ2n) is 7.19. The predicted octanol–water partition coefficient (Wildman–Crippen LogP) is 3.74. The third-order valence-corrected chi connectivity index (χ3v) is 4.40. The largest absolute Gasteiger partial charge is 0.507 e. The standard InChI is InChI=1S/C19H29IN2O4/c1-5-6-7-10-21-17(24)15(22-18(25)26-19(2,3)4)12-13-8-9-16(23)14(20)11-13/h8-9,11,15,23H,5-7,10,12H2,1-4H3,(H,21,24)(H,22,25). The van der Waals surface area contributed by atoms with Crippen molar-refractivity contribution >= 4 is 34.6 Å². The Morgan fingerprint density at radius 1 is 1.27 bits per heavy atom. The van der Waals surface area contributed by atoms with Crippen molar-refractivity contribution in [3.05, 3.63) is 27.3 Å². The van der Waals surface area contributed by atoms with E-state index < -0.39 is 17.7 Å². The molecule has 1 aromatic rings. The number of hydrogen-bond acceptors (Lipinski definition) is 4. The first kappa shape index (κ1) is 22.5. The highest BCUT2D eigenvalue weighted by atomic mass is 127. The van der Waals surface area contributed by atoms with Gasteiger partial charge in [-0.05, 0) is 67.5 Å². The van der Waals surface area contributed by atoms with E-state index in [0.717, 1.165) is 24.8 Å². The van der Waals surface area contributed by atoms with Gasteiger partial charge in [0.05, 0.1) is 3.57 Å². The van der Waals surface area contributed by atoms with Crippen molar-refractivity contribution in [3.8, 4) is 5.75 Å². The maximum atomic E-state index is 12.5. The molecule has 6 nitrogen and oxygen atoms in total. The zero-order valence-electron chi connectivity index (χ0n) is 15.9. The SMILES string of the molecule is CCCCCNC(=O)C(Cc1ccc(O)c(I)c1)NC(=O)OC(C)(C)C. The molecule has 0 spiro atoms. The van der Waals surface area contributed by atoms with E-state index in [1.54, 1.807) is 39.0 Å². The number of benzene rings is 1. The molecule has 0 radical (unpaired) electrons. The van der Waals surface area contributed by atoms with E-state index in [2.05, 4.69) is 17.6 Å². The minimum Gasteiger partial charge on any atom is -0.507 e. The Kier molecular flexibility index (Phi) is 9.18. The van der Waals surface area contributed by atoms with E-state index in [-0.39, 0.29) is 11.7 Å². The quantitative estimate of drug-likeness (QED) is 0.394. The summed E-state index contributed by atoms with van der Waals surface area (Å²) in [7, 11) is 0. The number of carbonyl (C=O) groups is 2. The fourth-order valence-corrected chi connectivity index (χ4v) is 2.86. The van der Waals surface area contributed by atoms with Crippen molar-refractivity contribution in [2.45, 2.75) is 65.0 Å². The molecule has 1 atom stereocenters. The molecule has 146 valence electrons. The Morgan fingerprint density at radius 3 is 2.54 bits per heavy atom. The molecule has 0 heterocycles. The van der Waals surface area contributed by atoms with Crippen LogP contribution in [0.3, 0.4) is 0 Å². The fourth-order valence-electron chi connectivity index (χ4n) is 2.28. The molecule has 26 heavy (non-hydrogen) atoms. The van der Waals surface area contributed by atoms with Crippen molar-refractivity contribution in [2.24, 2.45) is 0 Å². The van der Waals surface area contributed by atoms with Crippen LogP contribution >= 0.6 is 22.6 Å². The van der Waals surface area contributed by atoms with Crippen LogP contribution in [0, 0.1) is 3.57 Å². The summed E-state index contributed by atoms with van der Waals surface area (Å²) in [6.07, 6.45) is 2.70. The molecule has 3 N–H and O–H groups in total. The summed E-state index contributed by atoms with van der Waals surface area (Å²) in [6, 6.07) is 4.38. The summed E-state index contributed by atoms with van der Waals surface area (Å²) in [6.45, 7) is 7.99. The molecule has 1 rings (SSSR count). The zero-order chi connectivity index (χ0) is 19.7. The molecular formula is C19H29IN2O4. The molecule has 0 aliphatic rings. The van der Waals surface area contributed by atoms with Crippen LogP contribution in [0.4, 0.5) is 4.79 Å². The van der Waals surface area contributed by atoms with Gasteiger partial charge in [0, 0.05) is 13.0 Å². The highest BCUT2D eigenvalue weighted by molar-refractivity contribution is 14.1. The Labute approximate surface area is 169 Å². The highest BCUT2D eigenvalue weighted by Gasteiger charge is 2.24. The summed E-state index contributed by atoms with van der Waals surface area (Å²) in [5.74, 6) is -0.0509. The van der Waals surface area contributed by atoms with Crippen LogP contribution in [0.25, 0.3) is 0 Å². The molecular weight excluding hydrogens is 447 g/mol. The molecule has 2 amide bonds. The Balaban J connectivity index is 2.80. The first-order valence-corrected chi connectivity index (χ1v) is 9.95. The second-order valence-corrected chi connectivity index (χ2v) is 8.35. The van der Waals surface area contributed by atoms with E-state index in [9.17, 15) is 14.7 Å². The van der Waals surface area contributed by atoms with Crippen LogP contribution in [-0.2, 0) is 16.0 Å². The third-order valence-electron chi connectivity index (χ3n) is 3.54. The number of amides is 2. The van der Waals surface area contributed by atoms with Crippen LogP contribution in [0.2, 0.25) is 0 Å². The van der Waals surface area contributed by atoms with Gasteiger partial charge in [-0.25, -0.2) is 4.79 Å². The predicted molar refractivity (Wildman–Crippen MR) is 110 cm³/mol. The minimum atomic E-state index is -0.744. The summed E-state index contributed by atoms with van der Waals surface area (Å²) in [5, 5.41) is 15.2. The number of carbonyl (C=O) groups excluding carboxylic acids is 2. The number of halogens is 1. The molecule has 0 saturated heterocycles. The lowest BCUT2D eigenvalue weighted by Gasteiger charge is -2.23. The number of ether oxygens (including phenoxy) is 1.